The molecule has 6 aromatic carbocycles. The van der Waals surface area contributed by atoms with E-state index in [1.807, 2.05) is 179 Å². The molecule has 1 aliphatic heterocycles. The van der Waals surface area contributed by atoms with Crippen molar-refractivity contribution in [3.63, 3.8) is 0 Å². The summed E-state index contributed by atoms with van der Waals surface area (Å²) in [6.45, 7) is 9.47. The van der Waals surface area contributed by atoms with Crippen LogP contribution in [0.3, 0.4) is 0 Å². The Labute approximate surface area is 403 Å². The van der Waals surface area contributed by atoms with Crippen LogP contribution in [-0.2, 0) is 25.0 Å². The molecule has 10 nitrogen and oxygen atoms in total. The second-order valence-electron chi connectivity index (χ2n) is 18.9. The maximum Gasteiger partial charge on any atom is 0.267 e. The lowest BCUT2D eigenvalue weighted by Gasteiger charge is -2.40. The number of hydrogen-bond donors (Lipinski definition) is 1. The van der Waals surface area contributed by atoms with Gasteiger partial charge in [0.05, 0.1) is 27.2 Å². The van der Waals surface area contributed by atoms with Crippen LogP contribution < -0.4 is 14.8 Å². The highest BCUT2D eigenvalue weighted by molar-refractivity contribution is 6.74. The lowest BCUT2D eigenvalue weighted by atomic mass is 9.77. The fourth-order valence-corrected chi connectivity index (χ4v) is 9.98. The Hall–Kier alpha value is -6.77. The topological polar surface area (TPSA) is 102 Å². The number of nitrogens with one attached hydrogen (secondary N) is 1. The maximum absolute atomic E-state index is 18.1. The van der Waals surface area contributed by atoms with Crippen molar-refractivity contribution in [3.05, 3.63) is 216 Å². The molecule has 3 heterocycles. The molecule has 9 rings (SSSR count). The van der Waals surface area contributed by atoms with E-state index in [-0.39, 0.29) is 10.7 Å². The van der Waals surface area contributed by atoms with Gasteiger partial charge in [0.1, 0.15) is 35.1 Å². The molecule has 0 radical (unpaired) electrons. The van der Waals surface area contributed by atoms with Gasteiger partial charge < -0.3 is 28.7 Å². The third kappa shape index (κ3) is 8.69. The molecule has 69 heavy (non-hydrogen) atoms. The second kappa shape index (κ2) is 19.0. The minimum absolute atomic E-state index is 0.257. The van der Waals surface area contributed by atoms with Crippen LogP contribution >= 0.6 is 0 Å². The van der Waals surface area contributed by atoms with E-state index in [2.05, 4.69) is 29.6 Å². The first-order chi connectivity index (χ1) is 33.2. The second-order valence-corrected chi connectivity index (χ2v) is 23.7. The normalized spacial score (nSPS) is 18.8. The molecule has 1 fully saturated rings. The van der Waals surface area contributed by atoms with Gasteiger partial charge in [-0.15, -0.1) is 0 Å². The Morgan fingerprint density at radius 1 is 0.638 bits per heavy atom. The molecule has 0 saturated carbocycles. The van der Waals surface area contributed by atoms with E-state index >= 15 is 8.78 Å². The summed E-state index contributed by atoms with van der Waals surface area (Å²) in [6, 6.07) is 54.5. The van der Waals surface area contributed by atoms with E-state index in [0.717, 1.165) is 16.7 Å². The number of alkyl halides is 2. The van der Waals surface area contributed by atoms with Gasteiger partial charge in [0, 0.05) is 0 Å². The summed E-state index contributed by atoms with van der Waals surface area (Å²) in [5.74, 6) is -1.28. The van der Waals surface area contributed by atoms with E-state index in [1.165, 1.54) is 12.7 Å². The van der Waals surface area contributed by atoms with Gasteiger partial charge in [0.25, 0.3) is 5.85 Å². The van der Waals surface area contributed by atoms with Crippen molar-refractivity contribution in [3.8, 4) is 11.5 Å². The smallest absolute Gasteiger partial charge is 0.267 e. The van der Waals surface area contributed by atoms with Gasteiger partial charge in [-0.25, -0.2) is 23.7 Å². The number of fused-ring (bicyclic) bond motifs is 1. The van der Waals surface area contributed by atoms with Crippen LogP contribution in [0.25, 0.3) is 11.2 Å². The number of aromatic nitrogens is 4. The van der Waals surface area contributed by atoms with Crippen LogP contribution in [0.15, 0.2) is 183 Å². The van der Waals surface area contributed by atoms with Crippen LogP contribution in [0.5, 0.6) is 11.5 Å². The molecule has 0 spiro atoms. The molecule has 8 aromatic rings. The molecule has 1 saturated heterocycles. The van der Waals surface area contributed by atoms with Crippen LogP contribution in [0.4, 0.5) is 14.6 Å². The maximum atomic E-state index is 18.1. The van der Waals surface area contributed by atoms with E-state index < -0.39 is 50.4 Å². The number of benzene rings is 6. The minimum Gasteiger partial charge on any atom is -0.497 e. The zero-order valence-electron chi connectivity index (χ0n) is 39.8. The third-order valence-electron chi connectivity index (χ3n) is 13.8. The molecular formula is C56H57F2N5O5Si. The summed E-state index contributed by atoms with van der Waals surface area (Å²) in [4.78, 5) is 14.5. The molecule has 354 valence electrons. The van der Waals surface area contributed by atoms with Crippen molar-refractivity contribution in [1.29, 1.82) is 0 Å². The number of imidazole rings is 1. The first-order valence-corrected chi connectivity index (χ1v) is 25.9. The highest BCUT2D eigenvalue weighted by atomic mass is 28.4. The standard InChI is InChI=1S/C56H57F2N5O5Si/c1-53(2,3)69(6,7)66-36-54(58)49(57)48(67-56(42-24-16-10-17-25-42,43-26-18-11-19-27-43)44-30-34-46(65-5)35-31-44)52(68-54)63-38-61-47-50(59-37-60-51(47)63)62-55(39-20-12-8-13-21-39,40-22-14-9-15-23-40)41-28-32-45(64-4)33-29-41/h8-35,37-38,48-49,52H,36H2,1-7H3,(H,59,60,62)/t48-,49+,52-,54-/m1/s1. The lowest BCUT2D eigenvalue weighted by molar-refractivity contribution is -0.193. The van der Waals surface area contributed by atoms with E-state index in [1.54, 1.807) is 18.8 Å². The Morgan fingerprint density at radius 2 is 1.09 bits per heavy atom. The summed E-state index contributed by atoms with van der Waals surface area (Å²) in [5.41, 5.74) is 2.80. The number of nitrogens with zero attached hydrogens (tertiary/aromatic N) is 4. The number of halogens is 2. The predicted molar refractivity (Wildman–Crippen MR) is 267 cm³/mol. The number of methoxy groups -OCH3 is 2. The molecule has 0 aliphatic carbocycles. The lowest BCUT2D eigenvalue weighted by Crippen LogP contribution is -2.49. The van der Waals surface area contributed by atoms with Crippen molar-refractivity contribution < 1.29 is 32.2 Å². The molecule has 2 aromatic heterocycles. The fourth-order valence-electron chi connectivity index (χ4n) is 8.99. The van der Waals surface area contributed by atoms with Crippen molar-refractivity contribution in [1.82, 2.24) is 19.5 Å². The first kappa shape index (κ1) is 47.3. The fraction of sp³-hybridized carbons (Fsp3) is 0.268. The van der Waals surface area contributed by atoms with Crippen LogP contribution in [-0.4, -0.2) is 66.8 Å². The van der Waals surface area contributed by atoms with Gasteiger partial charge in [-0.2, -0.15) is 0 Å². The predicted octanol–water partition coefficient (Wildman–Crippen LogP) is 12.2. The zero-order valence-corrected chi connectivity index (χ0v) is 40.8. The van der Waals surface area contributed by atoms with Gasteiger partial charge in [-0.3, -0.25) is 4.57 Å². The molecule has 1 aliphatic rings. The monoisotopic (exact) mass is 945 g/mol. The zero-order chi connectivity index (χ0) is 48.4. The highest BCUT2D eigenvalue weighted by Gasteiger charge is 2.62. The Morgan fingerprint density at radius 3 is 1.57 bits per heavy atom. The molecule has 4 atom stereocenters. The number of anilines is 1. The summed E-state index contributed by atoms with van der Waals surface area (Å²) in [6.07, 6.45) is -2.54. The van der Waals surface area contributed by atoms with Gasteiger partial charge in [-0.05, 0) is 75.8 Å². The van der Waals surface area contributed by atoms with E-state index in [0.29, 0.717) is 39.5 Å². The van der Waals surface area contributed by atoms with Crippen molar-refractivity contribution >= 4 is 25.3 Å². The third-order valence-corrected chi connectivity index (χ3v) is 18.3. The molecule has 0 bridgehead atoms. The van der Waals surface area contributed by atoms with Gasteiger partial charge in [-0.1, -0.05) is 166 Å². The quantitative estimate of drug-likeness (QED) is 0.0749. The number of ether oxygens (including phenoxy) is 4. The minimum atomic E-state index is -2.96. The summed E-state index contributed by atoms with van der Waals surface area (Å²) >= 11 is 0. The molecule has 0 unspecified atom stereocenters. The molecule has 13 heteroatoms. The van der Waals surface area contributed by atoms with Crippen molar-refractivity contribution in [2.45, 2.75) is 74.4 Å². The highest BCUT2D eigenvalue weighted by Crippen LogP contribution is 2.51. The van der Waals surface area contributed by atoms with Gasteiger partial charge >= 0.3 is 0 Å². The SMILES string of the molecule is COc1ccc(C(Nc2ncnc3c2ncn3[C@@H]2O[C@](F)(CO[Si](C)(C)C(C)(C)C)[C@@H](F)[C@H]2OC(c2ccccc2)(c2ccccc2)c2ccc(OC)cc2)(c2ccccc2)c2ccccc2)cc1. The molecule has 1 N–H and O–H groups in total. The van der Waals surface area contributed by atoms with E-state index in [9.17, 15) is 0 Å². The Balaban J connectivity index is 1.22. The van der Waals surface area contributed by atoms with Gasteiger partial charge in [0.2, 0.25) is 0 Å². The Kier molecular flexibility index (Phi) is 13.0. The van der Waals surface area contributed by atoms with Crippen molar-refractivity contribution in [2.75, 3.05) is 26.1 Å². The average molecular weight is 946 g/mol. The molecule has 0 amide bonds. The number of rotatable bonds is 16. The van der Waals surface area contributed by atoms with Crippen LogP contribution in [0, 0.1) is 0 Å². The summed E-state index contributed by atoms with van der Waals surface area (Å²) < 4.78 is 69.0. The van der Waals surface area contributed by atoms with Crippen molar-refractivity contribution in [2.24, 2.45) is 0 Å². The Bertz CT molecular complexity index is 2880. The largest absolute Gasteiger partial charge is 0.497 e. The summed E-state index contributed by atoms with van der Waals surface area (Å²) in [7, 11) is 0.596. The number of hydrogen-bond acceptors (Lipinski definition) is 9. The first-order valence-electron chi connectivity index (χ1n) is 23.0. The van der Waals surface area contributed by atoms with Crippen LogP contribution in [0.1, 0.15) is 60.4 Å². The van der Waals surface area contributed by atoms with E-state index in [4.69, 9.17) is 38.3 Å². The molecular weight excluding hydrogens is 889 g/mol. The average Bonchev–Trinajstić information content (AvgIpc) is 3.93. The summed E-state index contributed by atoms with van der Waals surface area (Å²) in [5, 5.41) is 3.51. The van der Waals surface area contributed by atoms with Gasteiger partial charge in [0.15, 0.2) is 37.7 Å². The van der Waals surface area contributed by atoms with Crippen LogP contribution in [0.2, 0.25) is 18.1 Å².